The van der Waals surface area contributed by atoms with Gasteiger partial charge in [0.2, 0.25) is 0 Å². The molecule has 2 atom stereocenters. The molecule has 0 aliphatic carbocycles. The molecule has 1 saturated heterocycles. The van der Waals surface area contributed by atoms with E-state index in [4.69, 9.17) is 28.2 Å². The standard InChI is InChI=1S/C19H18Cl2N2O2S2/c1-12-4-2-3-5-13(12)9-26-19-22-17-10-27(24,25)11-18(17)23(19)16-7-14(20)6-15(21)8-16/h2-8,17-18H,9-11H2,1H3. The van der Waals surface area contributed by atoms with E-state index >= 15 is 0 Å². The summed E-state index contributed by atoms with van der Waals surface area (Å²) in [6.45, 7) is 2.09. The summed E-state index contributed by atoms with van der Waals surface area (Å²) in [4.78, 5) is 6.74. The SMILES string of the molecule is Cc1ccccc1CSC1=NC2CS(=O)(=O)CC2N1c1cc(Cl)cc(Cl)c1. The van der Waals surface area contributed by atoms with Crippen molar-refractivity contribution in [2.24, 2.45) is 4.99 Å². The van der Waals surface area contributed by atoms with Gasteiger partial charge < -0.3 is 4.90 Å². The van der Waals surface area contributed by atoms with E-state index in [0.29, 0.717) is 10.0 Å². The lowest BCUT2D eigenvalue weighted by Gasteiger charge is -2.27. The molecular formula is C19H18Cl2N2O2S2. The Hall–Kier alpha value is -1.21. The van der Waals surface area contributed by atoms with Crippen molar-refractivity contribution in [1.29, 1.82) is 0 Å². The maximum absolute atomic E-state index is 12.1. The highest BCUT2D eigenvalue weighted by molar-refractivity contribution is 8.13. The first-order valence-corrected chi connectivity index (χ1v) is 12.1. The molecule has 0 bridgehead atoms. The summed E-state index contributed by atoms with van der Waals surface area (Å²) in [5, 5.41) is 1.86. The number of halogens is 2. The van der Waals surface area contributed by atoms with Crippen LogP contribution in [0.3, 0.4) is 0 Å². The van der Waals surface area contributed by atoms with Crippen LogP contribution in [0.1, 0.15) is 11.1 Å². The molecule has 2 aromatic rings. The number of nitrogens with zero attached hydrogens (tertiary/aromatic N) is 2. The fourth-order valence-electron chi connectivity index (χ4n) is 3.53. The van der Waals surface area contributed by atoms with Gasteiger partial charge in [0.25, 0.3) is 0 Å². The van der Waals surface area contributed by atoms with E-state index in [0.717, 1.165) is 16.6 Å². The molecule has 8 heteroatoms. The van der Waals surface area contributed by atoms with Crippen molar-refractivity contribution >= 4 is 55.7 Å². The van der Waals surface area contributed by atoms with Crippen LogP contribution in [0, 0.1) is 6.92 Å². The Bertz CT molecular complexity index is 1000. The van der Waals surface area contributed by atoms with Gasteiger partial charge in [-0.3, -0.25) is 4.99 Å². The van der Waals surface area contributed by atoms with Crippen LogP contribution >= 0.6 is 35.0 Å². The van der Waals surface area contributed by atoms with Crippen molar-refractivity contribution in [3.05, 3.63) is 63.6 Å². The molecule has 0 N–H and O–H groups in total. The summed E-state index contributed by atoms with van der Waals surface area (Å²) in [6, 6.07) is 13.1. The smallest absolute Gasteiger partial charge is 0.164 e. The molecule has 142 valence electrons. The minimum atomic E-state index is -3.09. The molecule has 2 unspecified atom stereocenters. The Kier molecular flexibility index (Phi) is 5.18. The first-order chi connectivity index (χ1) is 12.8. The first kappa shape index (κ1) is 19.1. The zero-order valence-corrected chi connectivity index (χ0v) is 17.7. The second kappa shape index (κ2) is 7.32. The lowest BCUT2D eigenvalue weighted by Crippen LogP contribution is -2.39. The van der Waals surface area contributed by atoms with Crippen molar-refractivity contribution in [3.63, 3.8) is 0 Å². The number of sulfone groups is 1. The van der Waals surface area contributed by atoms with Crippen LogP contribution in [-0.2, 0) is 15.6 Å². The third-order valence-electron chi connectivity index (χ3n) is 4.85. The zero-order valence-electron chi connectivity index (χ0n) is 14.6. The lowest BCUT2D eigenvalue weighted by molar-refractivity contribution is 0.601. The summed E-state index contributed by atoms with van der Waals surface area (Å²) in [6.07, 6.45) is 0. The number of anilines is 1. The molecule has 0 amide bonds. The number of benzene rings is 2. The van der Waals surface area contributed by atoms with Crippen molar-refractivity contribution in [2.75, 3.05) is 16.4 Å². The summed E-state index contributed by atoms with van der Waals surface area (Å²) in [7, 11) is -3.09. The number of aryl methyl sites for hydroxylation is 1. The average molecular weight is 441 g/mol. The number of fused-ring (bicyclic) bond motifs is 1. The molecule has 0 saturated carbocycles. The number of hydrogen-bond donors (Lipinski definition) is 0. The summed E-state index contributed by atoms with van der Waals surface area (Å²) < 4.78 is 24.3. The minimum absolute atomic E-state index is 0.0941. The maximum Gasteiger partial charge on any atom is 0.164 e. The van der Waals surface area contributed by atoms with Crippen molar-refractivity contribution < 1.29 is 8.42 Å². The molecule has 2 aliphatic heterocycles. The van der Waals surface area contributed by atoms with Crippen LogP contribution in [0.25, 0.3) is 0 Å². The molecule has 2 aliphatic rings. The van der Waals surface area contributed by atoms with Crippen molar-refractivity contribution in [3.8, 4) is 0 Å². The summed E-state index contributed by atoms with van der Waals surface area (Å²) in [5.74, 6) is 0.957. The topological polar surface area (TPSA) is 49.7 Å². The van der Waals surface area contributed by atoms with E-state index in [2.05, 4.69) is 19.1 Å². The van der Waals surface area contributed by atoms with Crippen LogP contribution in [-0.4, -0.2) is 37.2 Å². The molecule has 0 spiro atoms. The Labute approximate surface area is 173 Å². The van der Waals surface area contributed by atoms with Gasteiger partial charge in [-0.1, -0.05) is 59.2 Å². The maximum atomic E-state index is 12.1. The largest absolute Gasteiger partial charge is 0.315 e. The van der Waals surface area contributed by atoms with E-state index < -0.39 is 9.84 Å². The fraction of sp³-hybridized carbons (Fsp3) is 0.316. The highest BCUT2D eigenvalue weighted by Gasteiger charge is 2.47. The van der Waals surface area contributed by atoms with Gasteiger partial charge >= 0.3 is 0 Å². The second-order valence-corrected chi connectivity index (χ2v) is 10.8. The van der Waals surface area contributed by atoms with Gasteiger partial charge in [-0.2, -0.15) is 0 Å². The highest BCUT2D eigenvalue weighted by atomic mass is 35.5. The fourth-order valence-corrected chi connectivity index (χ4v) is 7.09. The Morgan fingerprint density at radius 2 is 1.85 bits per heavy atom. The van der Waals surface area contributed by atoms with Crippen LogP contribution < -0.4 is 4.90 Å². The van der Waals surface area contributed by atoms with Crippen LogP contribution in [0.2, 0.25) is 10.0 Å². The molecule has 0 aromatic heterocycles. The Balaban J connectivity index is 1.66. The summed E-state index contributed by atoms with van der Waals surface area (Å²) in [5.41, 5.74) is 3.25. The van der Waals surface area contributed by atoms with E-state index in [-0.39, 0.29) is 23.6 Å². The van der Waals surface area contributed by atoms with Gasteiger partial charge in [-0.25, -0.2) is 8.42 Å². The van der Waals surface area contributed by atoms with E-state index in [1.807, 2.05) is 29.2 Å². The van der Waals surface area contributed by atoms with Crippen LogP contribution in [0.5, 0.6) is 0 Å². The lowest BCUT2D eigenvalue weighted by atomic mass is 10.1. The number of hydrogen-bond acceptors (Lipinski definition) is 5. The van der Waals surface area contributed by atoms with E-state index in [1.165, 1.54) is 11.1 Å². The molecule has 2 heterocycles. The van der Waals surface area contributed by atoms with Gasteiger partial charge in [-0.15, -0.1) is 0 Å². The highest BCUT2D eigenvalue weighted by Crippen LogP contribution is 2.38. The third-order valence-corrected chi connectivity index (χ3v) is 8.00. The van der Waals surface area contributed by atoms with Crippen LogP contribution in [0.4, 0.5) is 5.69 Å². The van der Waals surface area contributed by atoms with E-state index in [9.17, 15) is 8.42 Å². The monoisotopic (exact) mass is 440 g/mol. The second-order valence-electron chi connectivity index (χ2n) is 6.84. The van der Waals surface area contributed by atoms with Gasteiger partial charge in [0.1, 0.15) is 0 Å². The predicted molar refractivity (Wildman–Crippen MR) is 115 cm³/mol. The molecule has 4 nitrogen and oxygen atoms in total. The first-order valence-electron chi connectivity index (χ1n) is 8.53. The number of aliphatic imine (C=N–C) groups is 1. The quantitative estimate of drug-likeness (QED) is 0.700. The molecule has 1 fully saturated rings. The van der Waals surface area contributed by atoms with E-state index in [1.54, 1.807) is 17.8 Å². The zero-order chi connectivity index (χ0) is 19.2. The van der Waals surface area contributed by atoms with Crippen molar-refractivity contribution in [1.82, 2.24) is 0 Å². The van der Waals surface area contributed by atoms with Crippen LogP contribution in [0.15, 0.2) is 47.5 Å². The third kappa shape index (κ3) is 3.99. The predicted octanol–water partition coefficient (Wildman–Crippen LogP) is 4.58. The van der Waals surface area contributed by atoms with Gasteiger partial charge in [0.15, 0.2) is 15.0 Å². The minimum Gasteiger partial charge on any atom is -0.315 e. The van der Waals surface area contributed by atoms with Gasteiger partial charge in [0.05, 0.1) is 23.6 Å². The van der Waals surface area contributed by atoms with Gasteiger partial charge in [-0.05, 0) is 36.2 Å². The molecule has 0 radical (unpaired) electrons. The average Bonchev–Trinajstić information content (AvgIpc) is 3.04. The molecule has 2 aromatic carbocycles. The molecular weight excluding hydrogens is 423 g/mol. The Morgan fingerprint density at radius 1 is 1.15 bits per heavy atom. The Morgan fingerprint density at radius 3 is 2.56 bits per heavy atom. The normalized spacial score (nSPS) is 23.4. The van der Waals surface area contributed by atoms with Crippen molar-refractivity contribution in [2.45, 2.75) is 24.8 Å². The molecule has 4 rings (SSSR count). The number of thioether (sulfide) groups is 1. The molecule has 27 heavy (non-hydrogen) atoms. The number of rotatable bonds is 3. The number of amidine groups is 1. The van der Waals surface area contributed by atoms with Gasteiger partial charge in [0, 0.05) is 21.5 Å². The summed E-state index contributed by atoms with van der Waals surface area (Å²) >= 11 is 14.0.